The fourth-order valence-corrected chi connectivity index (χ4v) is 2.28. The summed E-state index contributed by atoms with van der Waals surface area (Å²) in [6.07, 6.45) is 0. The van der Waals surface area contributed by atoms with Gasteiger partial charge in [-0.2, -0.15) is 0 Å². The van der Waals surface area contributed by atoms with Crippen molar-refractivity contribution in [2.45, 2.75) is 0 Å². The van der Waals surface area contributed by atoms with E-state index < -0.39 is 0 Å². The molecular formula is C15H13ClN2O2. The third-order valence-corrected chi connectivity index (χ3v) is 3.34. The number of fused-ring (bicyclic) bond motifs is 1. The molecule has 1 N–H and O–H groups in total. The lowest BCUT2D eigenvalue weighted by molar-refractivity contribution is 0.415. The number of aromatic nitrogens is 2. The normalized spacial score (nSPS) is 10.8. The Morgan fingerprint density at radius 1 is 1.05 bits per heavy atom. The van der Waals surface area contributed by atoms with Crippen molar-refractivity contribution in [3.05, 3.63) is 41.4 Å². The smallest absolute Gasteiger partial charge is 0.142 e. The number of halogens is 1. The van der Waals surface area contributed by atoms with Crippen LogP contribution in [0.15, 0.2) is 36.4 Å². The van der Waals surface area contributed by atoms with Crippen molar-refractivity contribution in [1.29, 1.82) is 0 Å². The highest BCUT2D eigenvalue weighted by Gasteiger charge is 2.11. The fourth-order valence-electron chi connectivity index (χ4n) is 2.11. The number of hydrogen-bond acceptors (Lipinski definition) is 3. The van der Waals surface area contributed by atoms with Crippen LogP contribution in [0.4, 0.5) is 0 Å². The maximum Gasteiger partial charge on any atom is 0.142 e. The molecule has 4 nitrogen and oxygen atoms in total. The standard InChI is InChI=1S/C15H13ClN2O2/c1-19-10-4-5-12-13(8-10)18-15(17-12)11-7-9(16)3-6-14(11)20-2/h3-8H,1-2H3,(H,17,18). The number of ether oxygens (including phenoxy) is 2. The van der Waals surface area contributed by atoms with Gasteiger partial charge in [-0.05, 0) is 30.3 Å². The van der Waals surface area contributed by atoms with Gasteiger partial charge in [0.25, 0.3) is 0 Å². The summed E-state index contributed by atoms with van der Waals surface area (Å²) in [5.74, 6) is 2.22. The number of benzene rings is 2. The van der Waals surface area contributed by atoms with Gasteiger partial charge < -0.3 is 14.5 Å². The number of aromatic amines is 1. The Balaban J connectivity index is 2.17. The van der Waals surface area contributed by atoms with E-state index in [4.69, 9.17) is 21.1 Å². The first-order chi connectivity index (χ1) is 9.71. The summed E-state index contributed by atoms with van der Waals surface area (Å²) in [7, 11) is 3.26. The van der Waals surface area contributed by atoms with Crippen LogP contribution in [0.2, 0.25) is 5.02 Å². The molecule has 0 bridgehead atoms. The number of nitrogens with zero attached hydrogens (tertiary/aromatic N) is 1. The van der Waals surface area contributed by atoms with Gasteiger partial charge in [-0.3, -0.25) is 0 Å². The highest BCUT2D eigenvalue weighted by Crippen LogP contribution is 2.32. The summed E-state index contributed by atoms with van der Waals surface area (Å²) >= 11 is 6.05. The molecule has 5 heteroatoms. The second-order valence-corrected chi connectivity index (χ2v) is 4.75. The quantitative estimate of drug-likeness (QED) is 0.795. The van der Waals surface area contributed by atoms with Crippen molar-refractivity contribution in [2.24, 2.45) is 0 Å². The van der Waals surface area contributed by atoms with Crippen molar-refractivity contribution in [1.82, 2.24) is 9.97 Å². The first-order valence-corrected chi connectivity index (χ1v) is 6.46. The molecule has 20 heavy (non-hydrogen) atoms. The zero-order valence-corrected chi connectivity index (χ0v) is 11.9. The third-order valence-electron chi connectivity index (χ3n) is 3.11. The molecule has 0 radical (unpaired) electrons. The zero-order chi connectivity index (χ0) is 14.1. The van der Waals surface area contributed by atoms with E-state index in [1.54, 1.807) is 20.3 Å². The molecular weight excluding hydrogens is 276 g/mol. The molecule has 0 atom stereocenters. The van der Waals surface area contributed by atoms with Crippen LogP contribution < -0.4 is 9.47 Å². The van der Waals surface area contributed by atoms with Crippen molar-refractivity contribution in [3.8, 4) is 22.9 Å². The number of nitrogens with one attached hydrogen (secondary N) is 1. The molecule has 0 unspecified atom stereocenters. The van der Waals surface area contributed by atoms with Crippen LogP contribution in [0.1, 0.15) is 0 Å². The van der Waals surface area contributed by atoms with E-state index in [1.165, 1.54) is 0 Å². The summed E-state index contributed by atoms with van der Waals surface area (Å²) in [6, 6.07) is 11.1. The largest absolute Gasteiger partial charge is 0.497 e. The number of H-pyrrole nitrogens is 1. The van der Waals surface area contributed by atoms with Crippen molar-refractivity contribution >= 4 is 22.6 Å². The van der Waals surface area contributed by atoms with E-state index in [2.05, 4.69) is 9.97 Å². The van der Waals surface area contributed by atoms with Gasteiger partial charge in [0, 0.05) is 11.1 Å². The molecule has 0 amide bonds. The maximum absolute atomic E-state index is 6.05. The highest BCUT2D eigenvalue weighted by molar-refractivity contribution is 6.30. The topological polar surface area (TPSA) is 47.1 Å². The Kier molecular flexibility index (Phi) is 3.24. The molecule has 0 aliphatic carbocycles. The van der Waals surface area contributed by atoms with Gasteiger partial charge in [0.1, 0.15) is 17.3 Å². The lowest BCUT2D eigenvalue weighted by Crippen LogP contribution is -1.89. The molecule has 102 valence electrons. The Hall–Kier alpha value is -2.20. The SMILES string of the molecule is COc1ccc2nc(-c3cc(Cl)ccc3OC)[nH]c2c1. The molecule has 0 saturated carbocycles. The molecule has 0 aliphatic rings. The summed E-state index contributed by atoms with van der Waals surface area (Å²) in [4.78, 5) is 7.82. The molecule has 3 aromatic rings. The van der Waals surface area contributed by atoms with Crippen LogP contribution in [0.3, 0.4) is 0 Å². The predicted octanol–water partition coefficient (Wildman–Crippen LogP) is 3.90. The maximum atomic E-state index is 6.05. The van der Waals surface area contributed by atoms with Crippen molar-refractivity contribution in [3.63, 3.8) is 0 Å². The number of methoxy groups -OCH3 is 2. The highest BCUT2D eigenvalue weighted by atomic mass is 35.5. The van der Waals surface area contributed by atoms with Crippen molar-refractivity contribution in [2.75, 3.05) is 14.2 Å². The van der Waals surface area contributed by atoms with Crippen LogP contribution in [-0.4, -0.2) is 24.2 Å². The lowest BCUT2D eigenvalue weighted by Gasteiger charge is -2.06. The van der Waals surface area contributed by atoms with Crippen LogP contribution in [-0.2, 0) is 0 Å². The van der Waals surface area contributed by atoms with E-state index >= 15 is 0 Å². The molecule has 0 spiro atoms. The number of imidazole rings is 1. The van der Waals surface area contributed by atoms with Crippen LogP contribution >= 0.6 is 11.6 Å². The molecule has 2 aromatic carbocycles. The molecule has 0 saturated heterocycles. The molecule has 0 fully saturated rings. The Morgan fingerprint density at radius 3 is 2.65 bits per heavy atom. The minimum atomic E-state index is 0.638. The molecule has 3 rings (SSSR count). The average molecular weight is 289 g/mol. The van der Waals surface area contributed by atoms with E-state index in [1.807, 2.05) is 30.3 Å². The van der Waals surface area contributed by atoms with E-state index in [9.17, 15) is 0 Å². The minimum Gasteiger partial charge on any atom is -0.497 e. The average Bonchev–Trinajstić information content (AvgIpc) is 2.89. The van der Waals surface area contributed by atoms with Gasteiger partial charge in [0.15, 0.2) is 0 Å². The zero-order valence-electron chi connectivity index (χ0n) is 11.1. The van der Waals surface area contributed by atoms with Crippen molar-refractivity contribution < 1.29 is 9.47 Å². The first kappa shape index (κ1) is 12.8. The van der Waals surface area contributed by atoms with Gasteiger partial charge >= 0.3 is 0 Å². The van der Waals surface area contributed by atoms with Gasteiger partial charge in [-0.15, -0.1) is 0 Å². The molecule has 0 aliphatic heterocycles. The van der Waals surface area contributed by atoms with E-state index in [0.717, 1.165) is 28.1 Å². The summed E-state index contributed by atoms with van der Waals surface area (Å²) in [5, 5.41) is 0.638. The summed E-state index contributed by atoms with van der Waals surface area (Å²) in [6.45, 7) is 0. The first-order valence-electron chi connectivity index (χ1n) is 6.09. The summed E-state index contributed by atoms with van der Waals surface area (Å²) in [5.41, 5.74) is 2.60. The van der Waals surface area contributed by atoms with Gasteiger partial charge in [0.05, 0.1) is 30.8 Å². The predicted molar refractivity (Wildman–Crippen MR) is 79.6 cm³/mol. The number of hydrogen-bond donors (Lipinski definition) is 1. The van der Waals surface area contributed by atoms with Gasteiger partial charge in [-0.1, -0.05) is 11.6 Å². The Bertz CT molecular complexity index is 768. The van der Waals surface area contributed by atoms with Gasteiger partial charge in [0.2, 0.25) is 0 Å². The van der Waals surface area contributed by atoms with Gasteiger partial charge in [-0.25, -0.2) is 4.98 Å². The van der Waals surface area contributed by atoms with E-state index in [-0.39, 0.29) is 0 Å². The second kappa shape index (κ2) is 5.06. The van der Waals surface area contributed by atoms with Crippen LogP contribution in [0, 0.1) is 0 Å². The number of rotatable bonds is 3. The van der Waals surface area contributed by atoms with E-state index in [0.29, 0.717) is 10.8 Å². The minimum absolute atomic E-state index is 0.638. The molecule has 1 heterocycles. The van der Waals surface area contributed by atoms with Crippen LogP contribution in [0.5, 0.6) is 11.5 Å². The molecule has 1 aromatic heterocycles. The summed E-state index contributed by atoms with van der Waals surface area (Å²) < 4.78 is 10.6. The third kappa shape index (κ3) is 2.18. The monoisotopic (exact) mass is 288 g/mol. The fraction of sp³-hybridized carbons (Fsp3) is 0.133. The lowest BCUT2D eigenvalue weighted by atomic mass is 10.2. The Labute approximate surface area is 121 Å². The second-order valence-electron chi connectivity index (χ2n) is 4.31. The van der Waals surface area contributed by atoms with Crippen LogP contribution in [0.25, 0.3) is 22.4 Å². The Morgan fingerprint density at radius 2 is 1.90 bits per heavy atom.